The van der Waals surface area contributed by atoms with Gasteiger partial charge in [0.15, 0.2) is 5.96 Å². The quantitative estimate of drug-likeness (QED) is 0.618. The monoisotopic (exact) mass is 253 g/mol. The first-order valence-corrected chi connectivity index (χ1v) is 7.39. The normalized spacial score (nSPS) is 30.5. The fourth-order valence-corrected chi connectivity index (χ4v) is 3.13. The third-order valence-corrected chi connectivity index (χ3v) is 4.31. The van der Waals surface area contributed by atoms with Crippen LogP contribution in [0.2, 0.25) is 0 Å². The molecule has 1 aliphatic heterocycles. The lowest BCUT2D eigenvalue weighted by Crippen LogP contribution is -2.38. The number of nitrogens with two attached hydrogens (primary N) is 1. The van der Waals surface area contributed by atoms with Crippen LogP contribution in [0.15, 0.2) is 4.99 Å². The van der Waals surface area contributed by atoms with Gasteiger partial charge in [-0.25, -0.2) is 0 Å². The lowest BCUT2D eigenvalue weighted by molar-refractivity contribution is 0.0742. The predicted octanol–water partition coefficient (Wildman–Crippen LogP) is 1.99. The second-order valence-electron chi connectivity index (χ2n) is 5.57. The molecule has 2 rings (SSSR count). The first-order valence-electron chi connectivity index (χ1n) is 7.39. The summed E-state index contributed by atoms with van der Waals surface area (Å²) in [4.78, 5) is 6.86. The van der Waals surface area contributed by atoms with Crippen LogP contribution in [0.25, 0.3) is 0 Å². The molecule has 1 saturated heterocycles. The van der Waals surface area contributed by atoms with Crippen molar-refractivity contribution in [2.75, 3.05) is 26.7 Å². The molecule has 0 spiro atoms. The maximum absolute atomic E-state index is 6.12. The van der Waals surface area contributed by atoms with E-state index in [9.17, 15) is 0 Å². The van der Waals surface area contributed by atoms with E-state index in [0.717, 1.165) is 25.6 Å². The summed E-state index contributed by atoms with van der Waals surface area (Å²) in [6.45, 7) is 2.99. The van der Waals surface area contributed by atoms with Gasteiger partial charge in [-0.2, -0.15) is 0 Å². The Balaban J connectivity index is 1.83. The van der Waals surface area contributed by atoms with E-state index in [1.165, 1.54) is 44.9 Å². The van der Waals surface area contributed by atoms with Gasteiger partial charge in [0.2, 0.25) is 0 Å². The molecule has 1 aliphatic carbocycles. The van der Waals surface area contributed by atoms with E-state index in [-0.39, 0.29) is 0 Å². The molecule has 0 bridgehead atoms. The average molecular weight is 253 g/mol. The molecule has 104 valence electrons. The van der Waals surface area contributed by atoms with E-state index in [2.05, 4.69) is 9.89 Å². The maximum atomic E-state index is 6.12. The molecule has 0 aromatic carbocycles. The van der Waals surface area contributed by atoms with Gasteiger partial charge in [0.25, 0.3) is 0 Å². The second kappa shape index (κ2) is 6.98. The fourth-order valence-electron chi connectivity index (χ4n) is 3.13. The number of rotatable bonds is 3. The molecule has 2 N–H and O–H groups in total. The van der Waals surface area contributed by atoms with Crippen molar-refractivity contribution < 1.29 is 4.74 Å². The Labute approximate surface area is 111 Å². The van der Waals surface area contributed by atoms with Crippen molar-refractivity contribution in [2.45, 2.75) is 51.0 Å². The Hall–Kier alpha value is -0.770. The number of aliphatic imine (C=N–C) groups is 1. The molecule has 4 nitrogen and oxygen atoms in total. The van der Waals surface area contributed by atoms with Crippen LogP contribution in [0.4, 0.5) is 0 Å². The Morgan fingerprint density at radius 2 is 1.89 bits per heavy atom. The number of likely N-dealkylation sites (tertiary alicyclic amines) is 1. The minimum absolute atomic E-state index is 0.394. The smallest absolute Gasteiger partial charge is 0.191 e. The van der Waals surface area contributed by atoms with Crippen LogP contribution in [0.5, 0.6) is 0 Å². The average Bonchev–Trinajstić information content (AvgIpc) is 2.67. The van der Waals surface area contributed by atoms with Crippen molar-refractivity contribution in [3.05, 3.63) is 0 Å². The van der Waals surface area contributed by atoms with Crippen LogP contribution < -0.4 is 5.73 Å². The zero-order valence-electron chi connectivity index (χ0n) is 11.6. The summed E-state index contributed by atoms with van der Waals surface area (Å²) in [5.74, 6) is 1.32. The van der Waals surface area contributed by atoms with E-state index in [1.54, 1.807) is 0 Å². The Morgan fingerprint density at radius 3 is 2.56 bits per heavy atom. The number of guanidine groups is 1. The largest absolute Gasteiger partial charge is 0.381 e. The zero-order valence-corrected chi connectivity index (χ0v) is 11.6. The molecular weight excluding hydrogens is 226 g/mol. The predicted molar refractivity (Wildman–Crippen MR) is 74.7 cm³/mol. The van der Waals surface area contributed by atoms with E-state index < -0.39 is 0 Å². The van der Waals surface area contributed by atoms with Crippen LogP contribution in [0.3, 0.4) is 0 Å². The third-order valence-electron chi connectivity index (χ3n) is 4.31. The molecule has 2 fully saturated rings. The molecule has 0 amide bonds. The number of hydrogen-bond donors (Lipinski definition) is 1. The Bertz CT molecular complexity index is 272. The zero-order chi connectivity index (χ0) is 12.8. The highest BCUT2D eigenvalue weighted by molar-refractivity contribution is 5.78. The molecule has 1 saturated carbocycles. The summed E-state index contributed by atoms with van der Waals surface area (Å²) in [6.07, 6.45) is 9.24. The lowest BCUT2D eigenvalue weighted by Gasteiger charge is -2.22. The van der Waals surface area contributed by atoms with Crippen molar-refractivity contribution >= 4 is 5.96 Å². The Morgan fingerprint density at radius 1 is 1.17 bits per heavy atom. The summed E-state index contributed by atoms with van der Waals surface area (Å²) in [5.41, 5.74) is 6.12. The number of ether oxygens (including phenoxy) is 1. The SMILES string of the molecule is CO[C@H]1CCC[C@@H]1CN=C(N)N1CCCCCC1. The molecule has 4 heteroatoms. The van der Waals surface area contributed by atoms with Gasteiger partial charge in [-0.05, 0) is 25.7 Å². The molecule has 18 heavy (non-hydrogen) atoms. The highest BCUT2D eigenvalue weighted by Gasteiger charge is 2.26. The van der Waals surface area contributed by atoms with Crippen LogP contribution >= 0.6 is 0 Å². The molecule has 1 heterocycles. The summed E-state index contributed by atoms with van der Waals surface area (Å²) < 4.78 is 5.50. The van der Waals surface area contributed by atoms with Gasteiger partial charge in [0, 0.05) is 32.7 Å². The van der Waals surface area contributed by atoms with Crippen molar-refractivity contribution in [1.29, 1.82) is 0 Å². The van der Waals surface area contributed by atoms with Crippen LogP contribution in [-0.4, -0.2) is 43.7 Å². The molecule has 0 aromatic heterocycles. The van der Waals surface area contributed by atoms with Gasteiger partial charge < -0.3 is 15.4 Å². The van der Waals surface area contributed by atoms with Gasteiger partial charge >= 0.3 is 0 Å². The number of nitrogens with zero attached hydrogens (tertiary/aromatic N) is 2. The lowest BCUT2D eigenvalue weighted by atomic mass is 10.1. The standard InChI is InChI=1S/C14H27N3O/c1-18-13-8-6-7-12(13)11-16-14(15)17-9-4-2-3-5-10-17/h12-13H,2-11H2,1H3,(H2,15,16)/t12-,13+/m1/s1. The highest BCUT2D eigenvalue weighted by atomic mass is 16.5. The van der Waals surface area contributed by atoms with E-state index in [4.69, 9.17) is 10.5 Å². The maximum Gasteiger partial charge on any atom is 0.191 e. The molecular formula is C14H27N3O. The fraction of sp³-hybridized carbons (Fsp3) is 0.929. The highest BCUT2D eigenvalue weighted by Crippen LogP contribution is 2.28. The van der Waals surface area contributed by atoms with E-state index in [0.29, 0.717) is 12.0 Å². The first-order chi connectivity index (χ1) is 8.81. The number of hydrogen-bond acceptors (Lipinski definition) is 2. The molecule has 0 radical (unpaired) electrons. The Kier molecular flexibility index (Phi) is 5.29. The molecule has 0 unspecified atom stereocenters. The third kappa shape index (κ3) is 3.61. The molecule has 0 aromatic rings. The molecule has 2 atom stereocenters. The second-order valence-corrected chi connectivity index (χ2v) is 5.57. The van der Waals surface area contributed by atoms with Crippen molar-refractivity contribution in [3.63, 3.8) is 0 Å². The number of methoxy groups -OCH3 is 1. The van der Waals surface area contributed by atoms with Gasteiger partial charge in [0.05, 0.1) is 6.10 Å². The van der Waals surface area contributed by atoms with Crippen molar-refractivity contribution in [1.82, 2.24) is 4.90 Å². The van der Waals surface area contributed by atoms with Crippen LogP contribution in [-0.2, 0) is 4.74 Å². The minimum atomic E-state index is 0.394. The van der Waals surface area contributed by atoms with Gasteiger partial charge in [-0.1, -0.05) is 19.3 Å². The van der Waals surface area contributed by atoms with Gasteiger partial charge in [0.1, 0.15) is 0 Å². The first kappa shape index (κ1) is 13.7. The van der Waals surface area contributed by atoms with Crippen LogP contribution in [0, 0.1) is 5.92 Å². The minimum Gasteiger partial charge on any atom is -0.381 e. The summed E-state index contributed by atoms with van der Waals surface area (Å²) in [7, 11) is 1.81. The van der Waals surface area contributed by atoms with Gasteiger partial charge in [-0.15, -0.1) is 0 Å². The van der Waals surface area contributed by atoms with E-state index in [1.807, 2.05) is 7.11 Å². The summed E-state index contributed by atoms with van der Waals surface area (Å²) >= 11 is 0. The topological polar surface area (TPSA) is 50.9 Å². The van der Waals surface area contributed by atoms with Crippen LogP contribution in [0.1, 0.15) is 44.9 Å². The van der Waals surface area contributed by atoms with E-state index >= 15 is 0 Å². The van der Waals surface area contributed by atoms with Gasteiger partial charge in [-0.3, -0.25) is 4.99 Å². The summed E-state index contributed by atoms with van der Waals surface area (Å²) in [6, 6.07) is 0. The van der Waals surface area contributed by atoms with Crippen molar-refractivity contribution in [2.24, 2.45) is 16.6 Å². The summed E-state index contributed by atoms with van der Waals surface area (Å²) in [5, 5.41) is 0. The van der Waals surface area contributed by atoms with Crippen molar-refractivity contribution in [3.8, 4) is 0 Å². The molecule has 2 aliphatic rings.